The van der Waals surface area contributed by atoms with Crippen LogP contribution in [0.25, 0.3) is 10.6 Å². The first-order valence-corrected chi connectivity index (χ1v) is 9.39. The van der Waals surface area contributed by atoms with Gasteiger partial charge in [0.15, 0.2) is 11.5 Å². The zero-order valence-corrected chi connectivity index (χ0v) is 16.4. The molecule has 0 saturated heterocycles. The molecule has 0 atom stereocenters. The standard InChI is InChI=1S/C21H23NO3S/c1-5-14-6-8-16(9-7-14)21-22-17(13-26-21)10-15-11-18(23-2)20(25-4)19(12-15)24-3/h6-9,11-13H,5,10H2,1-4H3. The lowest BCUT2D eigenvalue weighted by atomic mass is 10.1. The molecule has 0 aliphatic rings. The Kier molecular flexibility index (Phi) is 5.78. The highest BCUT2D eigenvalue weighted by Crippen LogP contribution is 2.38. The molecule has 0 saturated carbocycles. The molecule has 0 unspecified atom stereocenters. The zero-order chi connectivity index (χ0) is 18.5. The second-order valence-electron chi connectivity index (χ2n) is 5.90. The summed E-state index contributed by atoms with van der Waals surface area (Å²) in [5, 5.41) is 3.14. The molecular formula is C21H23NO3S. The molecule has 0 aliphatic heterocycles. The first kappa shape index (κ1) is 18.3. The average molecular weight is 369 g/mol. The molecule has 0 fully saturated rings. The van der Waals surface area contributed by atoms with Gasteiger partial charge in [-0.25, -0.2) is 4.98 Å². The quantitative estimate of drug-likeness (QED) is 0.588. The van der Waals surface area contributed by atoms with Crippen molar-refractivity contribution < 1.29 is 14.2 Å². The molecule has 0 N–H and O–H groups in total. The maximum absolute atomic E-state index is 5.43. The molecule has 4 nitrogen and oxygen atoms in total. The lowest BCUT2D eigenvalue weighted by Crippen LogP contribution is -1.98. The summed E-state index contributed by atoms with van der Waals surface area (Å²) < 4.78 is 16.2. The van der Waals surface area contributed by atoms with Crippen LogP contribution in [-0.4, -0.2) is 26.3 Å². The summed E-state index contributed by atoms with van der Waals surface area (Å²) in [4.78, 5) is 4.79. The molecule has 1 aromatic heterocycles. The van der Waals surface area contributed by atoms with Gasteiger partial charge >= 0.3 is 0 Å². The zero-order valence-electron chi connectivity index (χ0n) is 15.5. The molecule has 0 aliphatic carbocycles. The van der Waals surface area contributed by atoms with Gasteiger partial charge in [0.1, 0.15) is 5.01 Å². The van der Waals surface area contributed by atoms with E-state index in [0.717, 1.165) is 28.2 Å². The van der Waals surface area contributed by atoms with Crippen molar-refractivity contribution >= 4 is 11.3 Å². The highest BCUT2D eigenvalue weighted by Gasteiger charge is 2.14. The van der Waals surface area contributed by atoms with Crippen LogP contribution in [0.15, 0.2) is 41.8 Å². The van der Waals surface area contributed by atoms with Crippen molar-refractivity contribution in [1.82, 2.24) is 4.98 Å². The third-order valence-electron chi connectivity index (χ3n) is 4.27. The minimum Gasteiger partial charge on any atom is -0.493 e. The van der Waals surface area contributed by atoms with E-state index in [1.165, 1.54) is 5.56 Å². The first-order valence-electron chi connectivity index (χ1n) is 8.51. The van der Waals surface area contributed by atoms with Gasteiger partial charge in [0.25, 0.3) is 0 Å². The number of ether oxygens (including phenoxy) is 3. The molecule has 2 aromatic carbocycles. The van der Waals surface area contributed by atoms with Crippen molar-refractivity contribution in [2.24, 2.45) is 0 Å². The first-order chi connectivity index (χ1) is 12.7. The Morgan fingerprint density at radius 3 is 2.08 bits per heavy atom. The summed E-state index contributed by atoms with van der Waals surface area (Å²) in [5.74, 6) is 1.92. The Morgan fingerprint density at radius 2 is 1.54 bits per heavy atom. The second kappa shape index (κ2) is 8.23. The molecule has 3 rings (SSSR count). The number of methoxy groups -OCH3 is 3. The van der Waals surface area contributed by atoms with E-state index < -0.39 is 0 Å². The number of rotatable bonds is 7. The maximum Gasteiger partial charge on any atom is 0.203 e. The van der Waals surface area contributed by atoms with Crippen LogP contribution in [0.1, 0.15) is 23.7 Å². The van der Waals surface area contributed by atoms with E-state index in [4.69, 9.17) is 19.2 Å². The van der Waals surface area contributed by atoms with E-state index in [2.05, 4.69) is 36.6 Å². The van der Waals surface area contributed by atoms with Crippen molar-refractivity contribution in [3.63, 3.8) is 0 Å². The minimum atomic E-state index is 0.605. The van der Waals surface area contributed by atoms with Gasteiger partial charge in [-0.2, -0.15) is 0 Å². The number of benzene rings is 2. The van der Waals surface area contributed by atoms with Gasteiger partial charge in [0.05, 0.1) is 27.0 Å². The monoisotopic (exact) mass is 369 g/mol. The van der Waals surface area contributed by atoms with E-state index in [9.17, 15) is 0 Å². The van der Waals surface area contributed by atoms with Gasteiger partial charge in [-0.3, -0.25) is 0 Å². The van der Waals surface area contributed by atoms with E-state index >= 15 is 0 Å². The number of aryl methyl sites for hydroxylation is 1. The highest BCUT2D eigenvalue weighted by molar-refractivity contribution is 7.13. The third kappa shape index (κ3) is 3.83. The van der Waals surface area contributed by atoms with Crippen LogP contribution in [-0.2, 0) is 12.8 Å². The van der Waals surface area contributed by atoms with E-state index in [0.29, 0.717) is 23.7 Å². The van der Waals surface area contributed by atoms with Gasteiger partial charge in [-0.1, -0.05) is 31.2 Å². The van der Waals surface area contributed by atoms with Gasteiger partial charge in [-0.15, -0.1) is 11.3 Å². The van der Waals surface area contributed by atoms with Crippen molar-refractivity contribution in [3.8, 4) is 27.8 Å². The summed E-state index contributed by atoms with van der Waals surface area (Å²) in [6.07, 6.45) is 1.75. The fraction of sp³-hybridized carbons (Fsp3) is 0.286. The summed E-state index contributed by atoms with van der Waals surface area (Å²) >= 11 is 1.66. The predicted molar refractivity (Wildman–Crippen MR) is 106 cm³/mol. The van der Waals surface area contributed by atoms with E-state index in [1.807, 2.05) is 12.1 Å². The third-order valence-corrected chi connectivity index (χ3v) is 5.21. The van der Waals surface area contributed by atoms with Crippen LogP contribution in [0.2, 0.25) is 0 Å². The molecular weight excluding hydrogens is 346 g/mol. The molecule has 3 aromatic rings. The molecule has 0 spiro atoms. The largest absolute Gasteiger partial charge is 0.493 e. The topological polar surface area (TPSA) is 40.6 Å². The summed E-state index contributed by atoms with van der Waals surface area (Å²) in [6, 6.07) is 12.5. The Labute approximate surface area is 158 Å². The van der Waals surface area contributed by atoms with Gasteiger partial charge in [0, 0.05) is 17.4 Å². The van der Waals surface area contributed by atoms with Crippen molar-refractivity contribution in [3.05, 3.63) is 58.6 Å². The molecule has 0 amide bonds. The summed E-state index contributed by atoms with van der Waals surface area (Å²) in [7, 11) is 4.86. The van der Waals surface area contributed by atoms with Crippen molar-refractivity contribution in [2.75, 3.05) is 21.3 Å². The van der Waals surface area contributed by atoms with Crippen LogP contribution >= 0.6 is 11.3 Å². The Bertz CT molecular complexity index is 846. The fourth-order valence-corrected chi connectivity index (χ4v) is 3.68. The highest BCUT2D eigenvalue weighted by atomic mass is 32.1. The van der Waals surface area contributed by atoms with Gasteiger partial charge < -0.3 is 14.2 Å². The fourth-order valence-electron chi connectivity index (χ4n) is 2.85. The van der Waals surface area contributed by atoms with Crippen molar-refractivity contribution in [1.29, 1.82) is 0 Å². The average Bonchev–Trinajstić information content (AvgIpc) is 3.15. The molecule has 26 heavy (non-hydrogen) atoms. The smallest absolute Gasteiger partial charge is 0.203 e. The van der Waals surface area contributed by atoms with Crippen LogP contribution in [0.3, 0.4) is 0 Å². The normalized spacial score (nSPS) is 10.6. The van der Waals surface area contributed by atoms with Crippen LogP contribution in [0, 0.1) is 0 Å². The Hall–Kier alpha value is -2.53. The summed E-state index contributed by atoms with van der Waals surface area (Å²) in [5.41, 5.74) is 4.59. The van der Waals surface area contributed by atoms with E-state index in [-0.39, 0.29) is 0 Å². The molecule has 0 bridgehead atoms. The molecule has 1 heterocycles. The number of nitrogens with zero attached hydrogens (tertiary/aromatic N) is 1. The number of hydrogen-bond acceptors (Lipinski definition) is 5. The van der Waals surface area contributed by atoms with Crippen LogP contribution in [0.5, 0.6) is 17.2 Å². The Morgan fingerprint density at radius 1 is 0.885 bits per heavy atom. The molecule has 0 radical (unpaired) electrons. The second-order valence-corrected chi connectivity index (χ2v) is 6.76. The lowest BCUT2D eigenvalue weighted by molar-refractivity contribution is 0.324. The van der Waals surface area contributed by atoms with Gasteiger partial charge in [0.2, 0.25) is 5.75 Å². The Balaban J connectivity index is 1.84. The number of aromatic nitrogens is 1. The number of thiazole rings is 1. The van der Waals surface area contributed by atoms with Gasteiger partial charge in [-0.05, 0) is 29.7 Å². The number of hydrogen-bond donors (Lipinski definition) is 0. The minimum absolute atomic E-state index is 0.605. The predicted octanol–water partition coefficient (Wildman–Crippen LogP) is 4.99. The lowest BCUT2D eigenvalue weighted by Gasteiger charge is -2.13. The molecule has 136 valence electrons. The molecule has 5 heteroatoms. The van der Waals surface area contributed by atoms with Crippen LogP contribution in [0.4, 0.5) is 0 Å². The summed E-state index contributed by atoms with van der Waals surface area (Å²) in [6.45, 7) is 2.16. The van der Waals surface area contributed by atoms with Crippen LogP contribution < -0.4 is 14.2 Å². The van der Waals surface area contributed by atoms with E-state index in [1.54, 1.807) is 32.7 Å². The SMILES string of the molecule is CCc1ccc(-c2nc(Cc3cc(OC)c(OC)c(OC)c3)cs2)cc1. The van der Waals surface area contributed by atoms with Crippen molar-refractivity contribution in [2.45, 2.75) is 19.8 Å². The maximum atomic E-state index is 5.43.